The minimum Gasteiger partial charge on any atom is -0.339 e. The maximum absolute atomic E-state index is 5.28. The molecule has 1 aliphatic heterocycles. The molecule has 0 bridgehead atoms. The van der Waals surface area contributed by atoms with Gasteiger partial charge in [-0.15, -0.1) is 0 Å². The fraction of sp³-hybridized carbons (Fsp3) is 0.846. The van der Waals surface area contributed by atoms with E-state index >= 15 is 0 Å². The van der Waals surface area contributed by atoms with E-state index in [2.05, 4.69) is 34.2 Å². The highest BCUT2D eigenvalue weighted by Crippen LogP contribution is 2.18. The van der Waals surface area contributed by atoms with Crippen LogP contribution in [0.15, 0.2) is 4.52 Å². The van der Waals surface area contributed by atoms with Gasteiger partial charge in [0.15, 0.2) is 5.82 Å². The minimum atomic E-state index is 0.558. The van der Waals surface area contributed by atoms with Gasteiger partial charge in [-0.05, 0) is 32.4 Å². The Hall–Kier alpha value is -0.940. The molecule has 1 N–H and O–H groups in total. The summed E-state index contributed by atoms with van der Waals surface area (Å²) >= 11 is 0. The standard InChI is InChI=1S/C13H24N4O/c1-10(2)7-13-15-12(16-18-13)9-17-6-4-5-11(17)8-14-3/h10-11,14H,4-9H2,1-3H3. The second-order valence-corrected chi connectivity index (χ2v) is 5.53. The van der Waals surface area contributed by atoms with Gasteiger partial charge in [0.1, 0.15) is 0 Å². The van der Waals surface area contributed by atoms with Gasteiger partial charge in [-0.3, -0.25) is 4.90 Å². The van der Waals surface area contributed by atoms with E-state index in [-0.39, 0.29) is 0 Å². The summed E-state index contributed by atoms with van der Waals surface area (Å²) in [7, 11) is 2.01. The molecular weight excluding hydrogens is 228 g/mol. The van der Waals surface area contributed by atoms with Crippen LogP contribution < -0.4 is 5.32 Å². The summed E-state index contributed by atoms with van der Waals surface area (Å²) in [6.45, 7) is 7.31. The van der Waals surface area contributed by atoms with Crippen LogP contribution in [-0.4, -0.2) is 41.2 Å². The summed E-state index contributed by atoms with van der Waals surface area (Å²) in [4.78, 5) is 6.91. The molecule has 2 rings (SSSR count). The van der Waals surface area contributed by atoms with E-state index < -0.39 is 0 Å². The number of hydrogen-bond acceptors (Lipinski definition) is 5. The van der Waals surface area contributed by atoms with Crippen molar-refractivity contribution in [2.45, 2.75) is 45.7 Å². The molecule has 1 saturated heterocycles. The molecule has 1 fully saturated rings. The molecule has 0 aliphatic carbocycles. The van der Waals surface area contributed by atoms with Crippen molar-refractivity contribution in [3.63, 3.8) is 0 Å². The van der Waals surface area contributed by atoms with Gasteiger partial charge in [-0.1, -0.05) is 19.0 Å². The third-order valence-corrected chi connectivity index (χ3v) is 3.38. The molecule has 1 aromatic rings. The summed E-state index contributed by atoms with van der Waals surface area (Å²) in [6, 6.07) is 0.613. The first-order valence-electron chi connectivity index (χ1n) is 6.89. The number of rotatable bonds is 6. The fourth-order valence-electron chi connectivity index (χ4n) is 2.54. The summed E-state index contributed by atoms with van der Waals surface area (Å²) < 4.78 is 5.28. The van der Waals surface area contributed by atoms with Crippen molar-refractivity contribution in [2.75, 3.05) is 20.1 Å². The van der Waals surface area contributed by atoms with Crippen molar-refractivity contribution in [2.24, 2.45) is 5.92 Å². The van der Waals surface area contributed by atoms with Gasteiger partial charge in [-0.2, -0.15) is 4.98 Å². The first-order chi connectivity index (χ1) is 8.69. The molecule has 0 saturated carbocycles. The molecule has 5 nitrogen and oxygen atoms in total. The van der Waals surface area contributed by atoms with E-state index in [0.29, 0.717) is 12.0 Å². The van der Waals surface area contributed by atoms with Gasteiger partial charge in [0.25, 0.3) is 0 Å². The lowest BCUT2D eigenvalue weighted by Crippen LogP contribution is -2.36. The van der Waals surface area contributed by atoms with Crippen molar-refractivity contribution in [1.82, 2.24) is 20.4 Å². The zero-order valence-corrected chi connectivity index (χ0v) is 11.6. The number of nitrogens with one attached hydrogen (secondary N) is 1. The molecule has 0 amide bonds. The van der Waals surface area contributed by atoms with Crippen LogP contribution in [-0.2, 0) is 13.0 Å². The smallest absolute Gasteiger partial charge is 0.226 e. The lowest BCUT2D eigenvalue weighted by Gasteiger charge is -2.22. The molecule has 1 atom stereocenters. The Balaban J connectivity index is 1.90. The maximum Gasteiger partial charge on any atom is 0.226 e. The van der Waals surface area contributed by atoms with Crippen molar-refractivity contribution in [1.29, 1.82) is 0 Å². The molecule has 18 heavy (non-hydrogen) atoms. The molecule has 0 radical (unpaired) electrons. The number of likely N-dealkylation sites (N-methyl/N-ethyl adjacent to an activating group) is 1. The Morgan fingerprint density at radius 1 is 1.50 bits per heavy atom. The highest BCUT2D eigenvalue weighted by Gasteiger charge is 2.25. The Morgan fingerprint density at radius 3 is 3.06 bits per heavy atom. The Bertz CT molecular complexity index is 364. The number of likely N-dealkylation sites (tertiary alicyclic amines) is 1. The quantitative estimate of drug-likeness (QED) is 0.830. The molecule has 2 heterocycles. The van der Waals surface area contributed by atoms with E-state index in [4.69, 9.17) is 4.52 Å². The minimum absolute atomic E-state index is 0.558. The van der Waals surface area contributed by atoms with Crippen molar-refractivity contribution in [3.05, 3.63) is 11.7 Å². The highest BCUT2D eigenvalue weighted by molar-refractivity contribution is 4.90. The van der Waals surface area contributed by atoms with Gasteiger partial charge >= 0.3 is 0 Å². The van der Waals surface area contributed by atoms with Crippen LogP contribution in [0.25, 0.3) is 0 Å². The van der Waals surface area contributed by atoms with Crippen molar-refractivity contribution < 1.29 is 4.52 Å². The Morgan fingerprint density at radius 2 is 2.33 bits per heavy atom. The predicted octanol–water partition coefficient (Wildman–Crippen LogP) is 1.45. The summed E-state index contributed by atoms with van der Waals surface area (Å²) in [5, 5.41) is 7.33. The first kappa shape index (κ1) is 13.5. The normalized spacial score (nSPS) is 21.0. The van der Waals surface area contributed by atoms with E-state index in [1.165, 1.54) is 12.8 Å². The highest BCUT2D eigenvalue weighted by atomic mass is 16.5. The third-order valence-electron chi connectivity index (χ3n) is 3.38. The van der Waals surface area contributed by atoms with Gasteiger partial charge in [-0.25, -0.2) is 0 Å². The van der Waals surface area contributed by atoms with Crippen LogP contribution in [0.5, 0.6) is 0 Å². The molecule has 0 spiro atoms. The van der Waals surface area contributed by atoms with Crippen LogP contribution in [0.4, 0.5) is 0 Å². The van der Waals surface area contributed by atoms with Crippen LogP contribution in [0.3, 0.4) is 0 Å². The molecule has 102 valence electrons. The summed E-state index contributed by atoms with van der Waals surface area (Å²) in [5.41, 5.74) is 0. The average molecular weight is 252 g/mol. The lowest BCUT2D eigenvalue weighted by atomic mass is 10.1. The van der Waals surface area contributed by atoms with Crippen molar-refractivity contribution >= 4 is 0 Å². The van der Waals surface area contributed by atoms with Crippen LogP contribution in [0, 0.1) is 5.92 Å². The largest absolute Gasteiger partial charge is 0.339 e. The average Bonchev–Trinajstić information content (AvgIpc) is 2.90. The number of nitrogens with zero attached hydrogens (tertiary/aromatic N) is 3. The number of hydrogen-bond donors (Lipinski definition) is 1. The molecule has 5 heteroatoms. The second-order valence-electron chi connectivity index (χ2n) is 5.53. The summed E-state index contributed by atoms with van der Waals surface area (Å²) in [6.07, 6.45) is 3.40. The fourth-order valence-corrected chi connectivity index (χ4v) is 2.54. The lowest BCUT2D eigenvalue weighted by molar-refractivity contribution is 0.232. The molecular formula is C13H24N4O. The predicted molar refractivity (Wildman–Crippen MR) is 70.2 cm³/mol. The van der Waals surface area contributed by atoms with Crippen LogP contribution in [0.2, 0.25) is 0 Å². The monoisotopic (exact) mass is 252 g/mol. The van der Waals surface area contributed by atoms with E-state index in [1.807, 2.05) is 7.05 Å². The van der Waals surface area contributed by atoms with E-state index in [1.54, 1.807) is 0 Å². The van der Waals surface area contributed by atoms with Crippen molar-refractivity contribution in [3.8, 4) is 0 Å². The third kappa shape index (κ3) is 3.53. The maximum atomic E-state index is 5.28. The summed E-state index contributed by atoms with van der Waals surface area (Å²) in [5.74, 6) is 2.15. The first-order valence-corrected chi connectivity index (χ1v) is 6.89. The van der Waals surface area contributed by atoms with Crippen LogP contribution in [0.1, 0.15) is 38.4 Å². The van der Waals surface area contributed by atoms with Crippen LogP contribution >= 0.6 is 0 Å². The van der Waals surface area contributed by atoms with E-state index in [9.17, 15) is 0 Å². The van der Waals surface area contributed by atoms with Gasteiger partial charge in [0.2, 0.25) is 5.89 Å². The van der Waals surface area contributed by atoms with Gasteiger partial charge in [0.05, 0.1) is 6.54 Å². The zero-order chi connectivity index (χ0) is 13.0. The van der Waals surface area contributed by atoms with E-state index in [0.717, 1.165) is 37.8 Å². The SMILES string of the molecule is CNCC1CCCN1Cc1noc(CC(C)C)n1. The zero-order valence-electron chi connectivity index (χ0n) is 11.6. The second kappa shape index (κ2) is 6.29. The number of aromatic nitrogens is 2. The molecule has 1 unspecified atom stereocenters. The molecule has 1 aliphatic rings. The topological polar surface area (TPSA) is 54.2 Å². The molecule has 1 aromatic heterocycles. The Kier molecular flexibility index (Phi) is 4.72. The van der Waals surface area contributed by atoms with Gasteiger partial charge in [0, 0.05) is 19.0 Å². The van der Waals surface area contributed by atoms with Gasteiger partial charge < -0.3 is 9.84 Å². The molecule has 0 aromatic carbocycles. The Labute approximate surface area is 109 Å².